The highest BCUT2D eigenvalue weighted by atomic mass is 19.3. The van der Waals surface area contributed by atoms with E-state index in [2.05, 4.69) is 0 Å². The van der Waals surface area contributed by atoms with Gasteiger partial charge in [0.05, 0.1) is 11.8 Å². The van der Waals surface area contributed by atoms with Gasteiger partial charge in [0, 0.05) is 27.6 Å². The summed E-state index contributed by atoms with van der Waals surface area (Å²) in [7, 11) is 4.36. The first-order valence-electron chi connectivity index (χ1n) is 5.84. The average molecular weight is 297 g/mol. The molecule has 1 unspecified atom stereocenters. The normalized spacial score (nSPS) is 13.7. The number of ether oxygens (including phenoxy) is 1. The molecule has 1 aromatic rings. The number of anilines is 1. The van der Waals surface area contributed by atoms with Crippen LogP contribution in [0.2, 0.25) is 0 Å². The number of alkyl halides is 4. The van der Waals surface area contributed by atoms with Crippen LogP contribution in [0.4, 0.5) is 27.6 Å². The van der Waals surface area contributed by atoms with Crippen LogP contribution in [0.25, 0.3) is 0 Å². The van der Waals surface area contributed by atoms with Crippen LogP contribution in [-0.4, -0.2) is 33.6 Å². The van der Waals surface area contributed by atoms with Crippen LogP contribution in [0, 0.1) is 5.82 Å². The van der Waals surface area contributed by atoms with Gasteiger partial charge >= 0.3 is 12.3 Å². The maximum Gasteiger partial charge on any atom is 0.310 e. The van der Waals surface area contributed by atoms with Gasteiger partial charge in [0.25, 0.3) is 0 Å². The van der Waals surface area contributed by atoms with E-state index in [1.54, 1.807) is 14.1 Å². The minimum atomic E-state index is -4.18. The first kappa shape index (κ1) is 16.7. The van der Waals surface area contributed by atoms with Gasteiger partial charge in [-0.15, -0.1) is 0 Å². The zero-order valence-corrected chi connectivity index (χ0v) is 11.3. The molecule has 20 heavy (non-hydrogen) atoms. The molecule has 0 fully saturated rings. The first-order valence-corrected chi connectivity index (χ1v) is 5.84. The first-order chi connectivity index (χ1) is 9.19. The van der Waals surface area contributed by atoms with Gasteiger partial charge in [-0.3, -0.25) is 0 Å². The SMILES string of the molecule is COC(CC(F)(F)C(F)F)c1ccc(N(C)C)c(F)c1. The molecule has 1 atom stereocenters. The van der Waals surface area contributed by atoms with Crippen molar-refractivity contribution in [3.63, 3.8) is 0 Å². The molecule has 0 aliphatic rings. The minimum absolute atomic E-state index is 0.0934. The van der Waals surface area contributed by atoms with Crippen molar-refractivity contribution >= 4 is 5.69 Å². The lowest BCUT2D eigenvalue weighted by Crippen LogP contribution is -2.29. The summed E-state index contributed by atoms with van der Waals surface area (Å²) in [6, 6.07) is 3.79. The van der Waals surface area contributed by atoms with E-state index in [-0.39, 0.29) is 11.3 Å². The van der Waals surface area contributed by atoms with Crippen molar-refractivity contribution in [2.45, 2.75) is 24.9 Å². The quantitative estimate of drug-likeness (QED) is 0.739. The summed E-state index contributed by atoms with van der Waals surface area (Å²) in [5.74, 6) is -4.81. The number of nitrogens with zero attached hydrogens (tertiary/aromatic N) is 1. The Morgan fingerprint density at radius 2 is 1.85 bits per heavy atom. The molecule has 0 aliphatic heterocycles. The van der Waals surface area contributed by atoms with Crippen LogP contribution in [-0.2, 0) is 4.74 Å². The van der Waals surface area contributed by atoms with Crippen LogP contribution in [0.5, 0.6) is 0 Å². The average Bonchev–Trinajstić information content (AvgIpc) is 2.35. The number of methoxy groups -OCH3 is 1. The van der Waals surface area contributed by atoms with Crippen molar-refractivity contribution in [1.29, 1.82) is 0 Å². The van der Waals surface area contributed by atoms with Gasteiger partial charge in [-0.1, -0.05) is 6.07 Å². The predicted molar refractivity (Wildman–Crippen MR) is 66.0 cm³/mol. The molecule has 0 spiro atoms. The van der Waals surface area contributed by atoms with Crippen LogP contribution >= 0.6 is 0 Å². The number of hydrogen-bond donors (Lipinski definition) is 0. The third kappa shape index (κ3) is 3.82. The van der Waals surface area contributed by atoms with Crippen molar-refractivity contribution in [2.24, 2.45) is 0 Å². The molecule has 0 amide bonds. The van der Waals surface area contributed by atoms with E-state index in [1.807, 2.05) is 0 Å². The summed E-state index contributed by atoms with van der Waals surface area (Å²) >= 11 is 0. The van der Waals surface area contributed by atoms with Crippen molar-refractivity contribution in [3.05, 3.63) is 29.6 Å². The topological polar surface area (TPSA) is 12.5 Å². The Bertz CT molecular complexity index is 450. The lowest BCUT2D eigenvalue weighted by molar-refractivity contribution is -0.152. The maximum absolute atomic E-state index is 13.8. The molecule has 0 N–H and O–H groups in total. The lowest BCUT2D eigenvalue weighted by atomic mass is 10.0. The summed E-state index contributed by atoms with van der Waals surface area (Å²) in [4.78, 5) is 1.51. The maximum atomic E-state index is 13.8. The van der Waals surface area contributed by atoms with Crippen molar-refractivity contribution in [2.75, 3.05) is 26.1 Å². The Labute approximate surface area is 114 Å². The molecule has 0 saturated heterocycles. The predicted octanol–water partition coefficient (Wildman–Crippen LogP) is 3.87. The largest absolute Gasteiger partial charge is 0.377 e. The molecular formula is C13H16F5NO. The molecule has 0 saturated carbocycles. The van der Waals surface area contributed by atoms with Crippen LogP contribution in [0.15, 0.2) is 18.2 Å². The van der Waals surface area contributed by atoms with Gasteiger partial charge in [0.15, 0.2) is 0 Å². The van der Waals surface area contributed by atoms with E-state index in [9.17, 15) is 22.0 Å². The highest BCUT2D eigenvalue weighted by Crippen LogP contribution is 2.35. The molecule has 1 aromatic carbocycles. The molecule has 1 rings (SSSR count). The summed E-state index contributed by atoms with van der Waals surface area (Å²) < 4.78 is 69.0. The molecule has 0 aliphatic carbocycles. The fourth-order valence-corrected chi connectivity index (χ4v) is 1.76. The molecule has 7 heteroatoms. The Kier molecular flexibility index (Phi) is 5.33. The van der Waals surface area contributed by atoms with E-state index in [0.717, 1.165) is 13.2 Å². The molecule has 0 radical (unpaired) electrons. The third-order valence-corrected chi connectivity index (χ3v) is 2.89. The fourth-order valence-electron chi connectivity index (χ4n) is 1.76. The van der Waals surface area contributed by atoms with Gasteiger partial charge in [-0.25, -0.2) is 22.0 Å². The van der Waals surface area contributed by atoms with E-state index >= 15 is 0 Å². The smallest absolute Gasteiger partial charge is 0.310 e. The Hall–Kier alpha value is -1.37. The zero-order valence-electron chi connectivity index (χ0n) is 11.3. The summed E-state index contributed by atoms with van der Waals surface area (Å²) in [5.41, 5.74) is 0.361. The zero-order chi connectivity index (χ0) is 15.5. The summed E-state index contributed by atoms with van der Waals surface area (Å²) in [6.07, 6.45) is -6.29. The number of benzene rings is 1. The summed E-state index contributed by atoms with van der Waals surface area (Å²) in [6.45, 7) is 0. The third-order valence-electron chi connectivity index (χ3n) is 2.89. The Balaban J connectivity index is 2.99. The minimum Gasteiger partial charge on any atom is -0.377 e. The lowest BCUT2D eigenvalue weighted by Gasteiger charge is -2.23. The monoisotopic (exact) mass is 297 g/mol. The van der Waals surface area contributed by atoms with E-state index in [0.29, 0.717) is 0 Å². The van der Waals surface area contributed by atoms with Gasteiger partial charge in [0.1, 0.15) is 5.82 Å². The Morgan fingerprint density at radius 3 is 2.25 bits per heavy atom. The van der Waals surface area contributed by atoms with Gasteiger partial charge in [0.2, 0.25) is 0 Å². The standard InChI is InChI=1S/C13H16F5NO/c1-19(2)10-5-4-8(6-9(10)14)11(20-3)7-13(17,18)12(15)16/h4-6,11-12H,7H2,1-3H3. The van der Waals surface area contributed by atoms with E-state index in [1.165, 1.54) is 17.0 Å². The summed E-state index contributed by atoms with van der Waals surface area (Å²) in [5, 5.41) is 0. The van der Waals surface area contributed by atoms with Gasteiger partial charge in [-0.2, -0.15) is 0 Å². The van der Waals surface area contributed by atoms with E-state index < -0.39 is 30.7 Å². The van der Waals surface area contributed by atoms with E-state index in [4.69, 9.17) is 4.74 Å². The van der Waals surface area contributed by atoms with Crippen LogP contribution < -0.4 is 4.90 Å². The Morgan fingerprint density at radius 1 is 1.25 bits per heavy atom. The molecular weight excluding hydrogens is 281 g/mol. The second kappa shape index (κ2) is 6.39. The molecule has 2 nitrogen and oxygen atoms in total. The molecule has 0 heterocycles. The number of halogens is 5. The second-order valence-electron chi connectivity index (χ2n) is 4.60. The van der Waals surface area contributed by atoms with Crippen LogP contribution in [0.1, 0.15) is 18.1 Å². The highest BCUT2D eigenvalue weighted by molar-refractivity contribution is 5.48. The fraction of sp³-hybridized carbons (Fsp3) is 0.538. The molecule has 114 valence electrons. The van der Waals surface area contributed by atoms with Crippen LogP contribution in [0.3, 0.4) is 0 Å². The van der Waals surface area contributed by atoms with Gasteiger partial charge in [-0.05, 0) is 17.7 Å². The second-order valence-corrected chi connectivity index (χ2v) is 4.60. The van der Waals surface area contributed by atoms with Crippen molar-refractivity contribution in [3.8, 4) is 0 Å². The number of rotatable bonds is 6. The van der Waals surface area contributed by atoms with Crippen molar-refractivity contribution in [1.82, 2.24) is 0 Å². The van der Waals surface area contributed by atoms with Crippen molar-refractivity contribution < 1.29 is 26.7 Å². The highest BCUT2D eigenvalue weighted by Gasteiger charge is 2.43. The molecule has 0 bridgehead atoms. The van der Waals surface area contributed by atoms with Gasteiger partial charge < -0.3 is 9.64 Å². The number of hydrogen-bond acceptors (Lipinski definition) is 2. The molecule has 0 aromatic heterocycles.